The molecule has 2 aromatic rings. The minimum absolute atomic E-state index is 0.764. The van der Waals surface area contributed by atoms with Crippen molar-refractivity contribution in [3.05, 3.63) is 30.4 Å². The Morgan fingerprint density at radius 2 is 1.83 bits per heavy atom. The zero-order valence-corrected chi connectivity index (χ0v) is 7.65. The van der Waals surface area contributed by atoms with Crippen LogP contribution in [-0.2, 0) is 0 Å². The van der Waals surface area contributed by atoms with E-state index in [0.29, 0.717) is 0 Å². The molecule has 2 aromatic heterocycles. The highest BCUT2D eigenvalue weighted by Gasteiger charge is 1.93. The maximum Gasteiger partial charge on any atom is 0.233 e. The number of aryl methyl sites for hydroxylation is 1. The minimum atomic E-state index is 0.764. The molecule has 0 amide bonds. The second-order valence-corrected chi connectivity index (χ2v) is 2.18. The van der Waals surface area contributed by atoms with Crippen LogP contribution in [0.5, 0.6) is 0 Å². The Bertz CT molecular complexity index is 351. The molecule has 3 nitrogen and oxygen atoms in total. The monoisotopic (exact) mass is 163 g/mol. The summed E-state index contributed by atoms with van der Waals surface area (Å²) in [5, 5.41) is 0. The van der Waals surface area contributed by atoms with E-state index < -0.39 is 0 Å². The molecule has 0 saturated carbocycles. The Labute approximate surface area is 72.1 Å². The van der Waals surface area contributed by atoms with Gasteiger partial charge in [0.2, 0.25) is 5.78 Å². The van der Waals surface area contributed by atoms with E-state index in [-0.39, 0.29) is 0 Å². The van der Waals surface area contributed by atoms with Crippen LogP contribution in [0.25, 0.3) is 5.78 Å². The topological polar surface area (TPSA) is 30.2 Å². The van der Waals surface area contributed by atoms with Gasteiger partial charge in [-0.15, -0.1) is 0 Å². The molecule has 0 unspecified atom stereocenters. The predicted molar refractivity (Wildman–Crippen MR) is 49.1 cm³/mol. The van der Waals surface area contributed by atoms with Gasteiger partial charge in [0, 0.05) is 24.3 Å². The SMILES string of the molecule is CC.Cc1ccnc2nccn12. The van der Waals surface area contributed by atoms with E-state index in [2.05, 4.69) is 9.97 Å². The van der Waals surface area contributed by atoms with Gasteiger partial charge in [-0.25, -0.2) is 9.97 Å². The molecule has 0 aliphatic rings. The first-order chi connectivity index (χ1) is 5.88. The Morgan fingerprint density at radius 3 is 2.50 bits per heavy atom. The molecule has 0 aliphatic heterocycles. The average Bonchev–Trinajstić information content (AvgIpc) is 2.57. The van der Waals surface area contributed by atoms with Gasteiger partial charge in [0.1, 0.15) is 0 Å². The van der Waals surface area contributed by atoms with Crippen LogP contribution < -0.4 is 0 Å². The molecule has 0 saturated heterocycles. The van der Waals surface area contributed by atoms with Gasteiger partial charge in [0.15, 0.2) is 0 Å². The van der Waals surface area contributed by atoms with Crippen molar-refractivity contribution in [3.63, 3.8) is 0 Å². The number of hydrogen-bond acceptors (Lipinski definition) is 2. The first kappa shape index (κ1) is 8.71. The molecule has 0 aliphatic carbocycles. The lowest BCUT2D eigenvalue weighted by Gasteiger charge is -1.94. The third kappa shape index (κ3) is 1.44. The molecule has 3 heteroatoms. The van der Waals surface area contributed by atoms with Gasteiger partial charge in [-0.1, -0.05) is 13.8 Å². The van der Waals surface area contributed by atoms with Crippen LogP contribution in [0.2, 0.25) is 0 Å². The van der Waals surface area contributed by atoms with E-state index >= 15 is 0 Å². The summed E-state index contributed by atoms with van der Waals surface area (Å²) in [5.74, 6) is 0.764. The van der Waals surface area contributed by atoms with Crippen molar-refractivity contribution >= 4 is 5.78 Å². The number of aromatic nitrogens is 3. The quantitative estimate of drug-likeness (QED) is 0.595. The van der Waals surface area contributed by atoms with Crippen LogP contribution in [0, 0.1) is 6.92 Å². The zero-order chi connectivity index (χ0) is 8.97. The summed E-state index contributed by atoms with van der Waals surface area (Å²) in [5.41, 5.74) is 1.16. The molecular formula is C9H13N3. The summed E-state index contributed by atoms with van der Waals surface area (Å²) < 4.78 is 1.94. The average molecular weight is 163 g/mol. The van der Waals surface area contributed by atoms with Crippen LogP contribution in [0.4, 0.5) is 0 Å². The van der Waals surface area contributed by atoms with E-state index in [1.165, 1.54) is 0 Å². The molecule has 12 heavy (non-hydrogen) atoms. The van der Waals surface area contributed by atoms with Crippen LogP contribution >= 0.6 is 0 Å². The Hall–Kier alpha value is -1.38. The van der Waals surface area contributed by atoms with Crippen molar-refractivity contribution < 1.29 is 0 Å². The first-order valence-corrected chi connectivity index (χ1v) is 4.12. The van der Waals surface area contributed by atoms with Crippen molar-refractivity contribution in [2.75, 3.05) is 0 Å². The third-order valence-corrected chi connectivity index (χ3v) is 1.51. The lowest BCUT2D eigenvalue weighted by molar-refractivity contribution is 1.04. The van der Waals surface area contributed by atoms with Crippen molar-refractivity contribution in [3.8, 4) is 0 Å². The third-order valence-electron chi connectivity index (χ3n) is 1.51. The summed E-state index contributed by atoms with van der Waals surface area (Å²) in [6, 6.07) is 1.95. The molecule has 64 valence electrons. The van der Waals surface area contributed by atoms with E-state index in [4.69, 9.17) is 0 Å². The summed E-state index contributed by atoms with van der Waals surface area (Å²) >= 11 is 0. The van der Waals surface area contributed by atoms with Crippen LogP contribution in [0.15, 0.2) is 24.7 Å². The van der Waals surface area contributed by atoms with Gasteiger partial charge in [0.05, 0.1) is 0 Å². The fourth-order valence-corrected chi connectivity index (χ4v) is 0.958. The Balaban J connectivity index is 0.000000336. The zero-order valence-electron chi connectivity index (χ0n) is 7.65. The number of imidazole rings is 1. The van der Waals surface area contributed by atoms with Gasteiger partial charge in [-0.05, 0) is 13.0 Å². The molecule has 0 radical (unpaired) electrons. The van der Waals surface area contributed by atoms with Gasteiger partial charge >= 0.3 is 0 Å². The lowest BCUT2D eigenvalue weighted by Crippen LogP contribution is -1.90. The van der Waals surface area contributed by atoms with Crippen LogP contribution in [-0.4, -0.2) is 14.4 Å². The molecule has 0 aromatic carbocycles. The summed E-state index contributed by atoms with van der Waals surface area (Å²) in [6.07, 6.45) is 5.41. The second kappa shape index (κ2) is 3.85. The summed E-state index contributed by atoms with van der Waals surface area (Å²) in [4.78, 5) is 8.09. The summed E-state index contributed by atoms with van der Waals surface area (Å²) in [6.45, 7) is 6.02. The summed E-state index contributed by atoms with van der Waals surface area (Å²) in [7, 11) is 0. The second-order valence-electron chi connectivity index (χ2n) is 2.18. The molecule has 0 spiro atoms. The fourth-order valence-electron chi connectivity index (χ4n) is 0.958. The van der Waals surface area contributed by atoms with Gasteiger partial charge in [0.25, 0.3) is 0 Å². The van der Waals surface area contributed by atoms with E-state index in [1.807, 2.05) is 37.4 Å². The van der Waals surface area contributed by atoms with Crippen molar-refractivity contribution in [2.45, 2.75) is 20.8 Å². The lowest BCUT2D eigenvalue weighted by atomic mass is 10.4. The molecule has 0 atom stereocenters. The van der Waals surface area contributed by atoms with E-state index in [1.54, 1.807) is 12.4 Å². The molecule has 0 fully saturated rings. The molecule has 0 N–H and O–H groups in total. The highest BCUT2D eigenvalue weighted by Crippen LogP contribution is 1.99. The molecule has 0 bridgehead atoms. The molecule has 2 rings (SSSR count). The Kier molecular flexibility index (Phi) is 2.80. The number of nitrogens with zero attached hydrogens (tertiary/aromatic N) is 3. The number of fused-ring (bicyclic) bond motifs is 1. The van der Waals surface area contributed by atoms with Crippen molar-refractivity contribution in [1.82, 2.24) is 14.4 Å². The first-order valence-electron chi connectivity index (χ1n) is 4.12. The fraction of sp³-hybridized carbons (Fsp3) is 0.333. The van der Waals surface area contributed by atoms with Gasteiger partial charge < -0.3 is 0 Å². The number of rotatable bonds is 0. The van der Waals surface area contributed by atoms with Gasteiger partial charge in [-0.3, -0.25) is 4.40 Å². The van der Waals surface area contributed by atoms with Crippen LogP contribution in [0.1, 0.15) is 19.5 Å². The van der Waals surface area contributed by atoms with Crippen LogP contribution in [0.3, 0.4) is 0 Å². The van der Waals surface area contributed by atoms with Crippen molar-refractivity contribution in [1.29, 1.82) is 0 Å². The number of hydrogen-bond donors (Lipinski definition) is 0. The maximum atomic E-state index is 4.05. The molecular weight excluding hydrogens is 150 g/mol. The van der Waals surface area contributed by atoms with Crippen molar-refractivity contribution in [2.24, 2.45) is 0 Å². The predicted octanol–water partition coefficient (Wildman–Crippen LogP) is 2.06. The minimum Gasteiger partial charge on any atom is -0.288 e. The largest absolute Gasteiger partial charge is 0.288 e. The normalized spacial score (nSPS) is 9.25. The standard InChI is InChI=1S/C7H7N3.C2H6/c1-6-2-3-8-7-9-4-5-10(6)7;1-2/h2-5H,1H3;1-2H3. The smallest absolute Gasteiger partial charge is 0.233 e. The van der Waals surface area contributed by atoms with E-state index in [9.17, 15) is 0 Å². The highest BCUT2D eigenvalue weighted by atomic mass is 15.1. The molecule has 2 heterocycles. The van der Waals surface area contributed by atoms with Gasteiger partial charge in [-0.2, -0.15) is 0 Å². The van der Waals surface area contributed by atoms with E-state index in [0.717, 1.165) is 11.5 Å². The highest BCUT2D eigenvalue weighted by molar-refractivity contribution is 5.28. The Morgan fingerprint density at radius 1 is 1.17 bits per heavy atom. The maximum absolute atomic E-state index is 4.05.